The summed E-state index contributed by atoms with van der Waals surface area (Å²) in [6, 6.07) is 6.35. The van der Waals surface area contributed by atoms with Crippen molar-refractivity contribution in [3.8, 4) is 0 Å². The molecule has 1 N–H and O–H groups in total. The average Bonchev–Trinajstić information content (AvgIpc) is 2.73. The maximum Gasteiger partial charge on any atom is 0.269 e. The van der Waals surface area contributed by atoms with Crippen LogP contribution < -0.4 is 5.32 Å². The molecule has 17 heavy (non-hydrogen) atoms. The summed E-state index contributed by atoms with van der Waals surface area (Å²) in [5.41, 5.74) is 0.948. The van der Waals surface area contributed by atoms with Crippen LogP contribution in [0.15, 0.2) is 30.5 Å². The van der Waals surface area contributed by atoms with E-state index in [0.717, 1.165) is 10.7 Å². The molecule has 1 aromatic carbocycles. The van der Waals surface area contributed by atoms with Crippen LogP contribution in [0.5, 0.6) is 0 Å². The number of nitro groups is 1. The highest BCUT2D eigenvalue weighted by molar-refractivity contribution is 7.11. The monoisotopic (exact) mass is 249 g/mol. The summed E-state index contributed by atoms with van der Waals surface area (Å²) in [6.45, 7) is 2.64. The van der Waals surface area contributed by atoms with Crippen molar-refractivity contribution in [1.82, 2.24) is 4.98 Å². The Balaban J connectivity index is 1.97. The van der Waals surface area contributed by atoms with E-state index in [0.29, 0.717) is 6.54 Å². The van der Waals surface area contributed by atoms with Gasteiger partial charge in [0.1, 0.15) is 5.01 Å². The lowest BCUT2D eigenvalue weighted by Crippen LogP contribution is -1.98. The zero-order chi connectivity index (χ0) is 12.3. The largest absolute Gasteiger partial charge is 0.379 e. The molecule has 0 unspecified atom stereocenters. The Morgan fingerprint density at radius 3 is 2.65 bits per heavy atom. The van der Waals surface area contributed by atoms with Crippen molar-refractivity contribution < 1.29 is 4.92 Å². The smallest absolute Gasteiger partial charge is 0.269 e. The van der Waals surface area contributed by atoms with Crippen molar-refractivity contribution in [1.29, 1.82) is 0 Å². The van der Waals surface area contributed by atoms with Gasteiger partial charge in [-0.05, 0) is 19.1 Å². The van der Waals surface area contributed by atoms with Crippen molar-refractivity contribution in [2.24, 2.45) is 0 Å². The van der Waals surface area contributed by atoms with Crippen LogP contribution in [0, 0.1) is 17.0 Å². The lowest BCUT2D eigenvalue weighted by molar-refractivity contribution is -0.384. The first-order valence-electron chi connectivity index (χ1n) is 5.05. The van der Waals surface area contributed by atoms with Crippen LogP contribution in [0.25, 0.3) is 0 Å². The topological polar surface area (TPSA) is 68.1 Å². The summed E-state index contributed by atoms with van der Waals surface area (Å²) in [4.78, 5) is 15.5. The van der Waals surface area contributed by atoms with Gasteiger partial charge in [0, 0.05) is 28.9 Å². The molecule has 2 rings (SSSR count). The molecule has 0 fully saturated rings. The van der Waals surface area contributed by atoms with E-state index in [1.807, 2.05) is 13.1 Å². The minimum Gasteiger partial charge on any atom is -0.379 e. The van der Waals surface area contributed by atoms with Crippen LogP contribution in [0.2, 0.25) is 0 Å². The van der Waals surface area contributed by atoms with Gasteiger partial charge in [0.05, 0.1) is 11.5 Å². The van der Waals surface area contributed by atoms with Crippen LogP contribution >= 0.6 is 11.3 Å². The Morgan fingerprint density at radius 2 is 2.12 bits per heavy atom. The van der Waals surface area contributed by atoms with Gasteiger partial charge in [-0.2, -0.15) is 0 Å². The van der Waals surface area contributed by atoms with Gasteiger partial charge in [0.25, 0.3) is 5.69 Å². The summed E-state index contributed by atoms with van der Waals surface area (Å²) in [7, 11) is 0. The number of nitrogens with one attached hydrogen (secondary N) is 1. The standard InChI is InChI=1S/C11H11N3O2S/c1-8-6-13-11(17-8)7-12-9-2-4-10(5-3-9)14(15)16/h2-6,12H,7H2,1H3. The van der Waals surface area contributed by atoms with Crippen molar-refractivity contribution in [2.75, 3.05) is 5.32 Å². The number of thiazole rings is 1. The molecule has 6 heteroatoms. The zero-order valence-corrected chi connectivity index (χ0v) is 10.0. The van der Waals surface area contributed by atoms with Gasteiger partial charge in [-0.25, -0.2) is 4.98 Å². The molecule has 5 nitrogen and oxygen atoms in total. The lowest BCUT2D eigenvalue weighted by Gasteiger charge is -2.03. The third kappa shape index (κ3) is 3.01. The molecule has 0 saturated heterocycles. The molecule has 0 saturated carbocycles. The van der Waals surface area contributed by atoms with Crippen LogP contribution in [0.1, 0.15) is 9.88 Å². The molecule has 0 atom stereocenters. The number of benzene rings is 1. The number of aryl methyl sites for hydroxylation is 1. The maximum absolute atomic E-state index is 10.5. The summed E-state index contributed by atoms with van der Waals surface area (Å²) in [5, 5.41) is 14.6. The Kier molecular flexibility index (Phi) is 3.34. The molecule has 2 aromatic rings. The number of non-ortho nitro benzene ring substituents is 1. The minimum absolute atomic E-state index is 0.0978. The molecule has 0 bridgehead atoms. The van der Waals surface area contributed by atoms with E-state index in [2.05, 4.69) is 10.3 Å². The number of nitro benzene ring substituents is 1. The van der Waals surface area contributed by atoms with Crippen molar-refractivity contribution in [3.63, 3.8) is 0 Å². The zero-order valence-electron chi connectivity index (χ0n) is 9.21. The molecular weight excluding hydrogens is 238 g/mol. The highest BCUT2D eigenvalue weighted by Crippen LogP contribution is 2.17. The number of hydrogen-bond donors (Lipinski definition) is 1. The second-order valence-electron chi connectivity index (χ2n) is 3.52. The molecule has 0 amide bonds. The van der Waals surface area contributed by atoms with E-state index in [4.69, 9.17) is 0 Å². The highest BCUT2D eigenvalue weighted by Gasteiger charge is 2.04. The van der Waals surface area contributed by atoms with E-state index >= 15 is 0 Å². The summed E-state index contributed by atoms with van der Waals surface area (Å²) in [6.07, 6.45) is 1.83. The fourth-order valence-electron chi connectivity index (χ4n) is 1.36. The fraction of sp³-hybridized carbons (Fsp3) is 0.182. The molecule has 1 aromatic heterocycles. The molecule has 0 aliphatic heterocycles. The van der Waals surface area contributed by atoms with Crippen LogP contribution in [0.4, 0.5) is 11.4 Å². The first kappa shape index (κ1) is 11.5. The third-order valence-corrected chi connectivity index (χ3v) is 3.10. The van der Waals surface area contributed by atoms with E-state index in [9.17, 15) is 10.1 Å². The van der Waals surface area contributed by atoms with E-state index in [-0.39, 0.29) is 5.69 Å². The Labute approximate surface area is 102 Å². The SMILES string of the molecule is Cc1cnc(CNc2ccc([N+](=O)[O-])cc2)s1. The van der Waals surface area contributed by atoms with Gasteiger partial charge in [-0.3, -0.25) is 10.1 Å². The number of anilines is 1. The third-order valence-electron chi connectivity index (χ3n) is 2.19. The number of aromatic nitrogens is 1. The van der Waals surface area contributed by atoms with Crippen LogP contribution in [0.3, 0.4) is 0 Å². The average molecular weight is 249 g/mol. The van der Waals surface area contributed by atoms with Gasteiger partial charge in [-0.1, -0.05) is 0 Å². The Hall–Kier alpha value is -1.95. The van der Waals surface area contributed by atoms with Crippen molar-refractivity contribution in [3.05, 3.63) is 50.5 Å². The lowest BCUT2D eigenvalue weighted by atomic mass is 10.3. The van der Waals surface area contributed by atoms with Gasteiger partial charge in [-0.15, -0.1) is 11.3 Å². The molecule has 0 spiro atoms. The van der Waals surface area contributed by atoms with Crippen LogP contribution in [-0.4, -0.2) is 9.91 Å². The Morgan fingerprint density at radius 1 is 1.41 bits per heavy atom. The first-order valence-corrected chi connectivity index (χ1v) is 5.86. The molecule has 0 radical (unpaired) electrons. The second kappa shape index (κ2) is 4.92. The molecule has 0 aliphatic rings. The van der Waals surface area contributed by atoms with Gasteiger partial charge in [0.2, 0.25) is 0 Å². The van der Waals surface area contributed by atoms with Gasteiger partial charge >= 0.3 is 0 Å². The molecule has 1 heterocycles. The molecule has 88 valence electrons. The highest BCUT2D eigenvalue weighted by atomic mass is 32.1. The van der Waals surface area contributed by atoms with Gasteiger partial charge < -0.3 is 5.32 Å². The van der Waals surface area contributed by atoms with E-state index in [1.54, 1.807) is 23.5 Å². The quantitative estimate of drug-likeness (QED) is 0.668. The van der Waals surface area contributed by atoms with Crippen LogP contribution in [-0.2, 0) is 6.54 Å². The first-order chi connectivity index (χ1) is 8.15. The summed E-state index contributed by atoms with van der Waals surface area (Å²) < 4.78 is 0. The van der Waals surface area contributed by atoms with Crippen molar-refractivity contribution in [2.45, 2.75) is 13.5 Å². The second-order valence-corrected chi connectivity index (χ2v) is 4.84. The predicted octanol–water partition coefficient (Wildman–Crippen LogP) is 2.97. The van der Waals surface area contributed by atoms with E-state index < -0.39 is 4.92 Å². The molecular formula is C11H11N3O2S. The predicted molar refractivity (Wildman–Crippen MR) is 67.3 cm³/mol. The number of nitrogens with zero attached hydrogens (tertiary/aromatic N) is 2. The van der Waals surface area contributed by atoms with Crippen molar-refractivity contribution >= 4 is 22.7 Å². The number of hydrogen-bond acceptors (Lipinski definition) is 5. The summed E-state index contributed by atoms with van der Waals surface area (Å²) in [5.74, 6) is 0. The van der Waals surface area contributed by atoms with E-state index in [1.165, 1.54) is 17.0 Å². The summed E-state index contributed by atoms with van der Waals surface area (Å²) >= 11 is 1.63. The normalized spacial score (nSPS) is 10.2. The number of rotatable bonds is 4. The Bertz CT molecular complexity index is 522. The van der Waals surface area contributed by atoms with Gasteiger partial charge in [0.15, 0.2) is 0 Å². The minimum atomic E-state index is -0.409. The fourth-order valence-corrected chi connectivity index (χ4v) is 2.09. The maximum atomic E-state index is 10.5. The molecule has 0 aliphatic carbocycles.